The fraction of sp³-hybridized carbons (Fsp3) is 0.0444. The molecule has 1 aliphatic heterocycles. The molecule has 49 heavy (non-hydrogen) atoms. The molecule has 8 aromatic rings. The monoisotopic (exact) mass is 632 g/mol. The van der Waals surface area contributed by atoms with Crippen LogP contribution in [0.1, 0.15) is 27.7 Å². The van der Waals surface area contributed by atoms with Gasteiger partial charge in [-0.2, -0.15) is 0 Å². The number of para-hydroxylation sites is 1. The first kappa shape index (κ1) is 29.0. The van der Waals surface area contributed by atoms with E-state index < -0.39 is 6.23 Å². The summed E-state index contributed by atoms with van der Waals surface area (Å²) < 4.78 is 2.19. The van der Waals surface area contributed by atoms with Gasteiger partial charge in [0, 0.05) is 21.9 Å². The molecule has 1 atom stereocenters. The first-order valence-corrected chi connectivity index (χ1v) is 16.6. The number of benzene rings is 7. The van der Waals surface area contributed by atoms with Crippen LogP contribution in [0.25, 0.3) is 60.9 Å². The molecule has 1 amide bonds. The lowest BCUT2D eigenvalue weighted by Crippen LogP contribution is -2.28. The van der Waals surface area contributed by atoms with E-state index in [1.807, 2.05) is 84.9 Å². The molecule has 0 saturated heterocycles. The molecule has 1 aromatic heterocycles. The zero-order chi connectivity index (χ0) is 33.1. The van der Waals surface area contributed by atoms with Crippen LogP contribution in [-0.2, 0) is 0 Å². The molecule has 234 valence electrons. The van der Waals surface area contributed by atoms with Crippen LogP contribution in [0.2, 0.25) is 0 Å². The topological polar surface area (TPSA) is 45.5 Å². The number of amides is 1. The Bertz CT molecular complexity index is 2550. The van der Waals surface area contributed by atoms with E-state index in [4.69, 9.17) is 0 Å². The van der Waals surface area contributed by atoms with Crippen molar-refractivity contribution >= 4 is 33.4 Å². The zero-order valence-corrected chi connectivity index (χ0v) is 26.9. The van der Waals surface area contributed by atoms with Gasteiger partial charge in [-0.25, -0.2) is 0 Å². The average Bonchev–Trinajstić information content (AvgIpc) is 3.62. The molecule has 4 nitrogen and oxygen atoms in total. The molecule has 1 unspecified atom stereocenters. The number of aryl methyl sites for hydroxylation is 1. The van der Waals surface area contributed by atoms with Crippen molar-refractivity contribution in [2.75, 3.05) is 4.90 Å². The minimum Gasteiger partial charge on any atom is -0.369 e. The Kier molecular flexibility index (Phi) is 6.78. The Morgan fingerprint density at radius 1 is 0.510 bits per heavy atom. The minimum atomic E-state index is -1.15. The number of nitrogens with zero attached hydrogens (tertiary/aromatic N) is 2. The Balaban J connectivity index is 1.24. The summed E-state index contributed by atoms with van der Waals surface area (Å²) in [5.74, 6) is -0.233. The van der Waals surface area contributed by atoms with Crippen LogP contribution in [-0.4, -0.2) is 15.6 Å². The second kappa shape index (κ2) is 11.5. The van der Waals surface area contributed by atoms with E-state index in [0.717, 1.165) is 55.3 Å². The third-order valence-corrected chi connectivity index (χ3v) is 9.85. The maximum absolute atomic E-state index is 14.8. The minimum absolute atomic E-state index is 0.233. The van der Waals surface area contributed by atoms with Gasteiger partial charge in [0.1, 0.15) is 0 Å². The maximum atomic E-state index is 14.8. The fourth-order valence-corrected chi connectivity index (χ4v) is 7.50. The molecule has 9 rings (SSSR count). The molecule has 0 spiro atoms. The summed E-state index contributed by atoms with van der Waals surface area (Å²) in [6.07, 6.45) is -1.15. The molecule has 0 bridgehead atoms. The molecule has 0 fully saturated rings. The summed E-state index contributed by atoms with van der Waals surface area (Å²) in [5.41, 5.74) is 12.0. The van der Waals surface area contributed by atoms with Crippen LogP contribution in [0.5, 0.6) is 0 Å². The van der Waals surface area contributed by atoms with Crippen LogP contribution in [0.15, 0.2) is 164 Å². The molecule has 7 aromatic carbocycles. The van der Waals surface area contributed by atoms with Gasteiger partial charge in [0.2, 0.25) is 0 Å². The average molecular weight is 633 g/mol. The Hall–Kier alpha value is -6.23. The van der Waals surface area contributed by atoms with Gasteiger partial charge in [0.15, 0.2) is 6.23 Å². The normalized spacial score (nSPS) is 14.1. The van der Waals surface area contributed by atoms with Crippen molar-refractivity contribution in [2.45, 2.75) is 13.2 Å². The molecular formula is C45H32N2O2. The van der Waals surface area contributed by atoms with Crippen molar-refractivity contribution in [1.82, 2.24) is 4.57 Å². The number of hydrogen-bond acceptors (Lipinski definition) is 2. The van der Waals surface area contributed by atoms with Gasteiger partial charge >= 0.3 is 0 Å². The highest BCUT2D eigenvalue weighted by Crippen LogP contribution is 2.45. The lowest BCUT2D eigenvalue weighted by Gasteiger charge is -2.25. The van der Waals surface area contributed by atoms with Crippen molar-refractivity contribution in [3.8, 4) is 39.1 Å². The SMILES string of the molecule is Cc1ccccc1-c1ccc2c3ccccc3n(-c3cccc4c3C(=O)N(c3ccc(-c5ccccc5)cc3-c3ccccc3)C4O)c2c1. The van der Waals surface area contributed by atoms with E-state index in [1.54, 1.807) is 4.90 Å². The molecule has 2 heterocycles. The van der Waals surface area contributed by atoms with E-state index in [-0.39, 0.29) is 5.91 Å². The summed E-state index contributed by atoms with van der Waals surface area (Å²) in [4.78, 5) is 16.4. The van der Waals surface area contributed by atoms with Crippen molar-refractivity contribution in [2.24, 2.45) is 0 Å². The number of rotatable bonds is 5. The molecular weight excluding hydrogens is 601 g/mol. The number of hydrogen-bond donors (Lipinski definition) is 1. The lowest BCUT2D eigenvalue weighted by molar-refractivity contribution is 0.0935. The zero-order valence-electron chi connectivity index (χ0n) is 26.9. The van der Waals surface area contributed by atoms with Gasteiger partial charge in [-0.1, -0.05) is 133 Å². The Morgan fingerprint density at radius 2 is 1.18 bits per heavy atom. The molecule has 4 heteroatoms. The fourth-order valence-electron chi connectivity index (χ4n) is 7.50. The van der Waals surface area contributed by atoms with Crippen LogP contribution in [0.3, 0.4) is 0 Å². The summed E-state index contributed by atoms with van der Waals surface area (Å²) in [7, 11) is 0. The smallest absolute Gasteiger partial charge is 0.263 e. The first-order valence-electron chi connectivity index (χ1n) is 16.6. The Morgan fingerprint density at radius 3 is 1.98 bits per heavy atom. The summed E-state index contributed by atoms with van der Waals surface area (Å²) in [6, 6.07) is 55.5. The number of fused-ring (bicyclic) bond motifs is 4. The van der Waals surface area contributed by atoms with E-state index in [0.29, 0.717) is 16.8 Å². The van der Waals surface area contributed by atoms with Gasteiger partial charge in [-0.3, -0.25) is 9.69 Å². The molecule has 1 aliphatic rings. The molecule has 0 radical (unpaired) electrons. The van der Waals surface area contributed by atoms with Gasteiger partial charge in [0.05, 0.1) is 28.0 Å². The number of aromatic nitrogens is 1. The lowest BCUT2D eigenvalue weighted by atomic mass is 9.96. The highest BCUT2D eigenvalue weighted by molar-refractivity contribution is 6.17. The highest BCUT2D eigenvalue weighted by atomic mass is 16.3. The first-order chi connectivity index (χ1) is 24.1. The maximum Gasteiger partial charge on any atom is 0.263 e. The van der Waals surface area contributed by atoms with Gasteiger partial charge < -0.3 is 9.67 Å². The van der Waals surface area contributed by atoms with Crippen molar-refractivity contribution < 1.29 is 9.90 Å². The second-order valence-corrected chi connectivity index (χ2v) is 12.7. The largest absolute Gasteiger partial charge is 0.369 e. The van der Waals surface area contributed by atoms with Crippen molar-refractivity contribution in [1.29, 1.82) is 0 Å². The number of carbonyl (C=O) groups excluding carboxylic acids is 1. The van der Waals surface area contributed by atoms with Crippen LogP contribution in [0.4, 0.5) is 5.69 Å². The van der Waals surface area contributed by atoms with E-state index in [9.17, 15) is 9.90 Å². The third-order valence-electron chi connectivity index (χ3n) is 9.85. The Labute approximate surface area is 284 Å². The number of anilines is 1. The predicted molar refractivity (Wildman–Crippen MR) is 200 cm³/mol. The number of aliphatic hydroxyl groups is 1. The van der Waals surface area contributed by atoms with Crippen LogP contribution < -0.4 is 4.90 Å². The summed E-state index contributed by atoms with van der Waals surface area (Å²) >= 11 is 0. The van der Waals surface area contributed by atoms with Gasteiger partial charge in [0.25, 0.3) is 5.91 Å². The predicted octanol–water partition coefficient (Wildman–Crippen LogP) is 10.7. The number of aliphatic hydroxyl groups excluding tert-OH is 1. The highest BCUT2D eigenvalue weighted by Gasteiger charge is 2.40. The molecule has 0 aliphatic carbocycles. The molecule has 1 N–H and O–H groups in total. The van der Waals surface area contributed by atoms with Crippen LogP contribution in [0, 0.1) is 6.92 Å². The van der Waals surface area contributed by atoms with E-state index >= 15 is 0 Å². The van der Waals surface area contributed by atoms with Gasteiger partial charge in [-0.15, -0.1) is 0 Å². The number of carbonyl (C=O) groups is 1. The van der Waals surface area contributed by atoms with E-state index in [1.165, 1.54) is 11.1 Å². The summed E-state index contributed by atoms with van der Waals surface area (Å²) in [5, 5.41) is 14.2. The van der Waals surface area contributed by atoms with E-state index in [2.05, 4.69) is 90.4 Å². The molecule has 0 saturated carbocycles. The van der Waals surface area contributed by atoms with Crippen molar-refractivity contribution in [3.05, 3.63) is 180 Å². The van der Waals surface area contributed by atoms with Crippen LogP contribution >= 0.6 is 0 Å². The standard InChI is InChI=1S/C45H32N2O2/c1-29-13-8-9-18-34(29)33-23-25-36-35-19-10-11-21-39(35)46(42(36)28-33)41-22-12-20-37-43(41)45(49)47(44(37)48)40-26-24-32(30-14-4-2-5-15-30)27-38(40)31-16-6-3-7-17-31/h2-28,44,48H,1H3. The quantitative estimate of drug-likeness (QED) is 0.205. The van der Waals surface area contributed by atoms with Crippen molar-refractivity contribution in [3.63, 3.8) is 0 Å². The summed E-state index contributed by atoms with van der Waals surface area (Å²) in [6.45, 7) is 2.13. The third kappa shape index (κ3) is 4.61. The second-order valence-electron chi connectivity index (χ2n) is 12.7. The van der Waals surface area contributed by atoms with Gasteiger partial charge in [-0.05, 0) is 70.6 Å².